The molecule has 2 atom stereocenters. The van der Waals surface area contributed by atoms with Gasteiger partial charge in [0.2, 0.25) is 0 Å². The van der Waals surface area contributed by atoms with Gasteiger partial charge in [0.05, 0.1) is 6.42 Å². The van der Waals surface area contributed by atoms with E-state index in [0.29, 0.717) is 6.42 Å². The van der Waals surface area contributed by atoms with Crippen molar-refractivity contribution in [3.05, 3.63) is 0 Å². The van der Waals surface area contributed by atoms with E-state index in [1.165, 1.54) is 6.92 Å². The van der Waals surface area contributed by atoms with E-state index in [1.807, 2.05) is 13.8 Å². The number of carbonyl (C=O) groups excluding carboxylic acids is 1. The van der Waals surface area contributed by atoms with Crippen LogP contribution in [0.5, 0.6) is 0 Å². The van der Waals surface area contributed by atoms with Gasteiger partial charge < -0.3 is 15.7 Å². The van der Waals surface area contributed by atoms with Gasteiger partial charge in [-0.3, -0.25) is 4.79 Å². The van der Waals surface area contributed by atoms with Gasteiger partial charge in [-0.15, -0.1) is 0 Å². The van der Waals surface area contributed by atoms with Crippen LogP contribution in [0.3, 0.4) is 0 Å². The van der Waals surface area contributed by atoms with Crippen LogP contribution in [0.2, 0.25) is 0 Å². The molecule has 0 spiro atoms. The van der Waals surface area contributed by atoms with Crippen LogP contribution in [-0.2, 0) is 4.79 Å². The number of carboxylic acids is 1. The third-order valence-corrected chi connectivity index (χ3v) is 2.73. The highest BCUT2D eigenvalue weighted by Crippen LogP contribution is 2.21. The first kappa shape index (κ1) is 19.5. The van der Waals surface area contributed by atoms with Gasteiger partial charge in [-0.1, -0.05) is 13.8 Å². The van der Waals surface area contributed by atoms with E-state index in [0.717, 1.165) is 0 Å². The zero-order valence-corrected chi connectivity index (χ0v) is 12.5. The van der Waals surface area contributed by atoms with Crippen LogP contribution in [0.25, 0.3) is 0 Å². The fraction of sp³-hybridized carbons (Fsp3) is 0.846. The first-order valence-electron chi connectivity index (χ1n) is 6.82. The summed E-state index contributed by atoms with van der Waals surface area (Å²) in [4.78, 5) is 22.2. The molecule has 0 aliphatic rings. The maximum atomic E-state index is 12.1. The smallest absolute Gasteiger partial charge is 0.391 e. The number of hydrogen-bond donors (Lipinski definition) is 3. The minimum Gasteiger partial charge on any atom is -0.481 e. The summed E-state index contributed by atoms with van der Waals surface area (Å²) < 4.78 is 36.4. The Labute approximate surface area is 122 Å². The largest absolute Gasteiger partial charge is 0.481 e. The Balaban J connectivity index is 4.20. The molecule has 0 saturated carbocycles. The van der Waals surface area contributed by atoms with Gasteiger partial charge >= 0.3 is 18.2 Å². The predicted molar refractivity (Wildman–Crippen MR) is 71.9 cm³/mol. The molecule has 0 rings (SSSR count). The van der Waals surface area contributed by atoms with E-state index in [-0.39, 0.29) is 24.8 Å². The molecule has 0 fully saturated rings. The van der Waals surface area contributed by atoms with Crippen molar-refractivity contribution in [3.63, 3.8) is 0 Å². The molecule has 21 heavy (non-hydrogen) atoms. The number of hydrogen-bond acceptors (Lipinski definition) is 2. The number of rotatable bonds is 8. The molecule has 0 saturated heterocycles. The first-order chi connectivity index (χ1) is 9.49. The molecule has 0 aromatic rings. The predicted octanol–water partition coefficient (Wildman–Crippen LogP) is 2.76. The Bertz CT molecular complexity index is 346. The Morgan fingerprint density at radius 3 is 2.19 bits per heavy atom. The van der Waals surface area contributed by atoms with Crippen LogP contribution in [-0.4, -0.2) is 35.9 Å². The lowest BCUT2D eigenvalue weighted by molar-refractivity contribution is -0.139. The topological polar surface area (TPSA) is 78.4 Å². The molecule has 0 aliphatic heterocycles. The Kier molecular flexibility index (Phi) is 8.12. The fourth-order valence-corrected chi connectivity index (χ4v) is 2.06. The summed E-state index contributed by atoms with van der Waals surface area (Å²) >= 11 is 0. The highest BCUT2D eigenvalue weighted by atomic mass is 19.4. The van der Waals surface area contributed by atoms with E-state index >= 15 is 0 Å². The number of aliphatic carboxylic acids is 1. The normalized spacial score (nSPS) is 14.6. The molecule has 2 amide bonds. The van der Waals surface area contributed by atoms with Crippen LogP contribution < -0.4 is 10.6 Å². The van der Waals surface area contributed by atoms with Gasteiger partial charge in [0, 0.05) is 19.0 Å². The lowest BCUT2D eigenvalue weighted by Gasteiger charge is -2.20. The number of carbonyl (C=O) groups is 2. The number of halogens is 3. The van der Waals surface area contributed by atoms with Crippen molar-refractivity contribution in [3.8, 4) is 0 Å². The zero-order chi connectivity index (χ0) is 16.6. The summed E-state index contributed by atoms with van der Waals surface area (Å²) in [6.45, 7) is 5.24. The molecule has 8 heteroatoms. The van der Waals surface area contributed by atoms with E-state index in [4.69, 9.17) is 5.11 Å². The molecule has 0 aliphatic carbocycles. The molecule has 5 nitrogen and oxygen atoms in total. The van der Waals surface area contributed by atoms with E-state index < -0.39 is 30.6 Å². The molecule has 0 bridgehead atoms. The van der Waals surface area contributed by atoms with Crippen molar-refractivity contribution < 1.29 is 27.9 Å². The van der Waals surface area contributed by atoms with Gasteiger partial charge in [-0.25, -0.2) is 4.79 Å². The first-order valence-corrected chi connectivity index (χ1v) is 6.82. The number of nitrogens with one attached hydrogen (secondary N) is 2. The maximum Gasteiger partial charge on any atom is 0.391 e. The standard InChI is InChI=1S/C13H23F3N2O3/c1-8(2)4-10(5-11(19)20)7-17-12(21)18-9(3)6-13(14,15)16/h8-10H,4-7H2,1-3H3,(H,19,20)(H2,17,18,21)/t9?,10-/m0/s1. The Morgan fingerprint density at radius 1 is 1.19 bits per heavy atom. The van der Waals surface area contributed by atoms with Crippen molar-refractivity contribution in [2.45, 2.75) is 52.3 Å². The summed E-state index contributed by atoms with van der Waals surface area (Å²) in [6.07, 6.45) is -4.91. The maximum absolute atomic E-state index is 12.1. The van der Waals surface area contributed by atoms with Crippen LogP contribution in [0.4, 0.5) is 18.0 Å². The highest BCUT2D eigenvalue weighted by Gasteiger charge is 2.30. The number of urea groups is 1. The second-order valence-corrected chi connectivity index (χ2v) is 5.67. The lowest BCUT2D eigenvalue weighted by atomic mass is 9.94. The van der Waals surface area contributed by atoms with Crippen molar-refractivity contribution in [2.24, 2.45) is 11.8 Å². The van der Waals surface area contributed by atoms with Gasteiger partial charge in [-0.2, -0.15) is 13.2 Å². The van der Waals surface area contributed by atoms with Crippen LogP contribution in [0.15, 0.2) is 0 Å². The second-order valence-electron chi connectivity index (χ2n) is 5.67. The monoisotopic (exact) mass is 312 g/mol. The van der Waals surface area contributed by atoms with Crippen LogP contribution >= 0.6 is 0 Å². The molecule has 1 unspecified atom stereocenters. The third-order valence-electron chi connectivity index (χ3n) is 2.73. The Morgan fingerprint density at radius 2 is 1.76 bits per heavy atom. The van der Waals surface area contributed by atoms with E-state index in [2.05, 4.69) is 10.6 Å². The van der Waals surface area contributed by atoms with Crippen molar-refractivity contribution in [1.82, 2.24) is 10.6 Å². The minimum atomic E-state index is -4.34. The highest BCUT2D eigenvalue weighted by molar-refractivity contribution is 5.74. The van der Waals surface area contributed by atoms with E-state index in [9.17, 15) is 22.8 Å². The molecule has 3 N–H and O–H groups in total. The molecule has 0 aromatic heterocycles. The fourth-order valence-electron chi connectivity index (χ4n) is 2.06. The van der Waals surface area contributed by atoms with Crippen molar-refractivity contribution in [2.75, 3.05) is 6.54 Å². The average molecular weight is 312 g/mol. The Hall–Kier alpha value is -1.47. The summed E-state index contributed by atoms with van der Waals surface area (Å²) in [6, 6.07) is -1.75. The SMILES string of the molecule is CC(C)C[C@H](CNC(=O)NC(C)CC(F)(F)F)CC(=O)O. The van der Waals surface area contributed by atoms with Gasteiger partial charge in [0.25, 0.3) is 0 Å². The number of carboxylic acid groups (broad SMARTS) is 1. The number of amides is 2. The molecule has 0 aromatic carbocycles. The van der Waals surface area contributed by atoms with Crippen molar-refractivity contribution in [1.29, 1.82) is 0 Å². The summed E-state index contributed by atoms with van der Waals surface area (Å²) in [5.74, 6) is -0.942. The molecule has 0 heterocycles. The van der Waals surface area contributed by atoms with Gasteiger partial charge in [0.1, 0.15) is 0 Å². The summed E-state index contributed by atoms with van der Waals surface area (Å²) in [5.41, 5.74) is 0. The molecular weight excluding hydrogens is 289 g/mol. The minimum absolute atomic E-state index is 0.0867. The third kappa shape index (κ3) is 12.0. The van der Waals surface area contributed by atoms with Gasteiger partial charge in [-0.05, 0) is 25.2 Å². The van der Waals surface area contributed by atoms with E-state index in [1.54, 1.807) is 0 Å². The summed E-state index contributed by atoms with van der Waals surface area (Å²) in [7, 11) is 0. The quantitative estimate of drug-likeness (QED) is 0.645. The summed E-state index contributed by atoms with van der Waals surface area (Å²) in [5, 5.41) is 13.4. The van der Waals surface area contributed by atoms with Crippen molar-refractivity contribution >= 4 is 12.0 Å². The second kappa shape index (κ2) is 8.74. The van der Waals surface area contributed by atoms with Crippen LogP contribution in [0, 0.1) is 11.8 Å². The molecule has 0 radical (unpaired) electrons. The molecule has 124 valence electrons. The molecular formula is C13H23F3N2O3. The van der Waals surface area contributed by atoms with Crippen LogP contribution in [0.1, 0.15) is 40.0 Å². The zero-order valence-electron chi connectivity index (χ0n) is 12.5. The number of alkyl halides is 3. The van der Waals surface area contributed by atoms with Gasteiger partial charge in [0.15, 0.2) is 0 Å². The lowest BCUT2D eigenvalue weighted by Crippen LogP contribution is -2.44. The average Bonchev–Trinajstić information content (AvgIpc) is 2.21.